The highest BCUT2D eigenvalue weighted by molar-refractivity contribution is 5.76. The van der Waals surface area contributed by atoms with Crippen molar-refractivity contribution >= 4 is 5.91 Å². The molecule has 24 heavy (non-hydrogen) atoms. The number of nitrogens with zero attached hydrogens (tertiary/aromatic N) is 3. The quantitative estimate of drug-likeness (QED) is 0.759. The molecule has 0 saturated heterocycles. The second-order valence-electron chi connectivity index (χ2n) is 5.69. The Labute approximate surface area is 141 Å². The molecule has 0 aliphatic heterocycles. The van der Waals surface area contributed by atoms with Gasteiger partial charge in [0.15, 0.2) is 0 Å². The third kappa shape index (κ3) is 4.07. The minimum atomic E-state index is -0.0505. The number of nitrogens with one attached hydrogen (secondary N) is 1. The van der Waals surface area contributed by atoms with Gasteiger partial charge in [0.05, 0.1) is 11.7 Å². The Kier molecular flexibility index (Phi) is 5.01. The smallest absolute Gasteiger partial charge is 0.220 e. The van der Waals surface area contributed by atoms with Crippen molar-refractivity contribution < 1.29 is 4.79 Å². The molecule has 1 unspecified atom stereocenters. The number of benzene rings is 1. The predicted molar refractivity (Wildman–Crippen MR) is 92.7 cm³/mol. The Balaban J connectivity index is 1.59. The van der Waals surface area contributed by atoms with E-state index in [-0.39, 0.29) is 11.9 Å². The standard InChI is InChI=1S/C19H20N4O/c1-15(22-19(24)7-6-16-8-11-20-12-9-16)17-4-2-5-18(14-17)23-13-3-10-21-23/h2-5,8-15H,6-7H2,1H3,(H,22,24). The lowest BCUT2D eigenvalue weighted by atomic mass is 10.1. The Morgan fingerprint density at radius 3 is 2.75 bits per heavy atom. The Morgan fingerprint density at radius 1 is 1.17 bits per heavy atom. The second-order valence-corrected chi connectivity index (χ2v) is 5.69. The zero-order valence-electron chi connectivity index (χ0n) is 13.6. The third-order valence-corrected chi connectivity index (χ3v) is 3.91. The van der Waals surface area contributed by atoms with Crippen molar-refractivity contribution in [2.24, 2.45) is 0 Å². The fourth-order valence-corrected chi connectivity index (χ4v) is 2.56. The van der Waals surface area contributed by atoms with E-state index in [9.17, 15) is 4.79 Å². The van der Waals surface area contributed by atoms with Crippen molar-refractivity contribution in [2.45, 2.75) is 25.8 Å². The molecule has 122 valence electrons. The molecule has 2 heterocycles. The number of aryl methyl sites for hydroxylation is 1. The number of aromatic nitrogens is 3. The van der Waals surface area contributed by atoms with Crippen LogP contribution in [0.4, 0.5) is 0 Å². The van der Waals surface area contributed by atoms with E-state index < -0.39 is 0 Å². The Hall–Kier alpha value is -2.95. The van der Waals surface area contributed by atoms with Crippen LogP contribution in [0.1, 0.15) is 30.5 Å². The summed E-state index contributed by atoms with van der Waals surface area (Å²) in [6.45, 7) is 1.99. The van der Waals surface area contributed by atoms with Crippen molar-refractivity contribution in [1.82, 2.24) is 20.1 Å². The first-order valence-electron chi connectivity index (χ1n) is 8.00. The molecule has 1 N–H and O–H groups in total. The third-order valence-electron chi connectivity index (χ3n) is 3.91. The number of carbonyl (C=O) groups excluding carboxylic acids is 1. The van der Waals surface area contributed by atoms with Crippen LogP contribution in [-0.2, 0) is 11.2 Å². The molecule has 0 bridgehead atoms. The van der Waals surface area contributed by atoms with Gasteiger partial charge in [0.1, 0.15) is 0 Å². The highest BCUT2D eigenvalue weighted by Crippen LogP contribution is 2.16. The van der Waals surface area contributed by atoms with E-state index in [1.807, 2.05) is 60.3 Å². The van der Waals surface area contributed by atoms with Crippen LogP contribution in [0.3, 0.4) is 0 Å². The largest absolute Gasteiger partial charge is 0.350 e. The lowest BCUT2D eigenvalue weighted by Gasteiger charge is -2.15. The monoisotopic (exact) mass is 320 g/mol. The van der Waals surface area contributed by atoms with Crippen molar-refractivity contribution in [2.75, 3.05) is 0 Å². The van der Waals surface area contributed by atoms with E-state index in [1.54, 1.807) is 18.6 Å². The normalized spacial score (nSPS) is 11.9. The van der Waals surface area contributed by atoms with Crippen LogP contribution in [-0.4, -0.2) is 20.7 Å². The predicted octanol–water partition coefficient (Wildman–Crippen LogP) is 3.08. The van der Waals surface area contributed by atoms with E-state index in [0.29, 0.717) is 12.8 Å². The summed E-state index contributed by atoms with van der Waals surface area (Å²) in [6, 6.07) is 13.7. The zero-order chi connectivity index (χ0) is 16.8. The number of hydrogen-bond donors (Lipinski definition) is 1. The fraction of sp³-hybridized carbons (Fsp3) is 0.211. The highest BCUT2D eigenvalue weighted by atomic mass is 16.1. The molecule has 1 atom stereocenters. The Morgan fingerprint density at radius 2 is 2.00 bits per heavy atom. The van der Waals surface area contributed by atoms with E-state index in [2.05, 4.69) is 15.4 Å². The van der Waals surface area contributed by atoms with Gasteiger partial charge in [-0.3, -0.25) is 9.78 Å². The van der Waals surface area contributed by atoms with Gasteiger partial charge in [-0.1, -0.05) is 12.1 Å². The molecule has 1 aromatic carbocycles. The van der Waals surface area contributed by atoms with Gasteiger partial charge in [0.2, 0.25) is 5.91 Å². The molecule has 0 fully saturated rings. The van der Waals surface area contributed by atoms with Crippen molar-refractivity contribution in [1.29, 1.82) is 0 Å². The van der Waals surface area contributed by atoms with Gasteiger partial charge in [-0.15, -0.1) is 0 Å². The second kappa shape index (κ2) is 7.55. The van der Waals surface area contributed by atoms with Crippen LogP contribution < -0.4 is 5.32 Å². The van der Waals surface area contributed by atoms with Gasteiger partial charge in [-0.25, -0.2) is 4.68 Å². The number of carbonyl (C=O) groups is 1. The summed E-state index contributed by atoms with van der Waals surface area (Å²) in [4.78, 5) is 16.2. The number of hydrogen-bond acceptors (Lipinski definition) is 3. The minimum Gasteiger partial charge on any atom is -0.350 e. The van der Waals surface area contributed by atoms with Gasteiger partial charge in [-0.2, -0.15) is 5.10 Å². The molecule has 0 aliphatic rings. The molecule has 0 radical (unpaired) electrons. The van der Waals surface area contributed by atoms with Crippen LogP contribution in [0.2, 0.25) is 0 Å². The maximum atomic E-state index is 12.2. The van der Waals surface area contributed by atoms with Crippen LogP contribution in [0.15, 0.2) is 67.3 Å². The van der Waals surface area contributed by atoms with E-state index in [0.717, 1.165) is 16.8 Å². The maximum absolute atomic E-state index is 12.2. The maximum Gasteiger partial charge on any atom is 0.220 e. The fourth-order valence-electron chi connectivity index (χ4n) is 2.56. The summed E-state index contributed by atoms with van der Waals surface area (Å²) in [5.41, 5.74) is 3.16. The molecule has 3 rings (SSSR count). The van der Waals surface area contributed by atoms with E-state index in [1.165, 1.54) is 0 Å². The summed E-state index contributed by atoms with van der Waals surface area (Å²) in [6.07, 6.45) is 8.32. The van der Waals surface area contributed by atoms with Gasteiger partial charge >= 0.3 is 0 Å². The van der Waals surface area contributed by atoms with Crippen molar-refractivity contribution in [3.8, 4) is 5.69 Å². The first-order valence-corrected chi connectivity index (χ1v) is 8.00. The SMILES string of the molecule is CC(NC(=O)CCc1ccncc1)c1cccc(-n2cccn2)c1. The summed E-state index contributed by atoms with van der Waals surface area (Å²) >= 11 is 0. The number of rotatable bonds is 6. The van der Waals surface area contributed by atoms with Gasteiger partial charge in [-0.05, 0) is 54.8 Å². The molecule has 5 heteroatoms. The lowest BCUT2D eigenvalue weighted by molar-refractivity contribution is -0.121. The average Bonchev–Trinajstić information content (AvgIpc) is 3.16. The number of pyridine rings is 1. The first kappa shape index (κ1) is 15.9. The van der Waals surface area contributed by atoms with E-state index in [4.69, 9.17) is 0 Å². The van der Waals surface area contributed by atoms with Gasteiger partial charge in [0.25, 0.3) is 0 Å². The summed E-state index contributed by atoms with van der Waals surface area (Å²) in [5, 5.41) is 7.29. The van der Waals surface area contributed by atoms with Gasteiger partial charge in [0, 0.05) is 31.2 Å². The molecule has 1 amide bonds. The summed E-state index contributed by atoms with van der Waals surface area (Å²) in [7, 11) is 0. The molecule has 5 nitrogen and oxygen atoms in total. The van der Waals surface area contributed by atoms with Crippen LogP contribution in [0.5, 0.6) is 0 Å². The van der Waals surface area contributed by atoms with Crippen LogP contribution in [0, 0.1) is 0 Å². The van der Waals surface area contributed by atoms with Gasteiger partial charge < -0.3 is 5.32 Å². The van der Waals surface area contributed by atoms with Crippen molar-refractivity contribution in [3.05, 3.63) is 78.4 Å². The molecular weight excluding hydrogens is 300 g/mol. The molecule has 3 aromatic rings. The first-order chi connectivity index (χ1) is 11.7. The lowest BCUT2D eigenvalue weighted by Crippen LogP contribution is -2.26. The topological polar surface area (TPSA) is 59.8 Å². The molecule has 0 spiro atoms. The summed E-state index contributed by atoms with van der Waals surface area (Å²) in [5.74, 6) is 0.0452. The van der Waals surface area contributed by atoms with Crippen LogP contribution >= 0.6 is 0 Å². The Bertz CT molecular complexity index is 784. The van der Waals surface area contributed by atoms with Crippen LogP contribution in [0.25, 0.3) is 5.69 Å². The molecular formula is C19H20N4O. The number of amides is 1. The average molecular weight is 320 g/mol. The van der Waals surface area contributed by atoms with Crippen molar-refractivity contribution in [3.63, 3.8) is 0 Å². The molecule has 2 aromatic heterocycles. The molecule has 0 aliphatic carbocycles. The van der Waals surface area contributed by atoms with E-state index >= 15 is 0 Å². The summed E-state index contributed by atoms with van der Waals surface area (Å²) < 4.78 is 1.81. The minimum absolute atomic E-state index is 0.0452. The molecule has 0 saturated carbocycles. The highest BCUT2D eigenvalue weighted by Gasteiger charge is 2.10. The zero-order valence-corrected chi connectivity index (χ0v) is 13.6.